The number of carbonyl (C=O) groups is 1. The smallest absolute Gasteiger partial charge is 0.261 e. The monoisotopic (exact) mass is 289 g/mol. The highest BCUT2D eigenvalue weighted by molar-refractivity contribution is 8.13. The fourth-order valence-corrected chi connectivity index (χ4v) is 2.34. The molecule has 0 unspecified atom stereocenters. The van der Waals surface area contributed by atoms with E-state index in [1.165, 1.54) is 12.1 Å². The van der Waals surface area contributed by atoms with Crippen molar-refractivity contribution in [1.82, 2.24) is 0 Å². The number of amides is 1. The lowest BCUT2D eigenvalue weighted by molar-refractivity contribution is -0.116. The van der Waals surface area contributed by atoms with Crippen LogP contribution in [0.2, 0.25) is 0 Å². The van der Waals surface area contributed by atoms with Gasteiger partial charge in [-0.1, -0.05) is 13.8 Å². The van der Waals surface area contributed by atoms with Gasteiger partial charge in [-0.05, 0) is 36.6 Å². The van der Waals surface area contributed by atoms with Gasteiger partial charge < -0.3 is 5.32 Å². The zero-order valence-corrected chi connectivity index (χ0v) is 12.1. The molecule has 0 radical (unpaired) electrons. The molecule has 0 atom stereocenters. The van der Waals surface area contributed by atoms with E-state index >= 15 is 0 Å². The topological polar surface area (TPSA) is 63.2 Å². The number of nitrogens with one attached hydrogen (secondary N) is 1. The van der Waals surface area contributed by atoms with Gasteiger partial charge in [-0.25, -0.2) is 8.42 Å². The van der Waals surface area contributed by atoms with Crippen LogP contribution in [0.5, 0.6) is 0 Å². The number of anilines is 1. The van der Waals surface area contributed by atoms with Gasteiger partial charge in [0.2, 0.25) is 5.91 Å². The zero-order valence-electron chi connectivity index (χ0n) is 10.5. The van der Waals surface area contributed by atoms with Crippen molar-refractivity contribution in [2.45, 2.75) is 32.1 Å². The lowest BCUT2D eigenvalue weighted by Gasteiger charge is -2.10. The van der Waals surface area contributed by atoms with Crippen molar-refractivity contribution < 1.29 is 13.2 Å². The number of aryl methyl sites for hydroxylation is 1. The molecule has 1 aromatic rings. The standard InChI is InChI=1S/C12H16ClNO3S/c1-8(2)6-12(15)14-11-5-4-10(7-9(11)3)18(13,16)17/h4-5,7-8H,6H2,1-3H3,(H,14,15). The molecule has 1 aromatic carbocycles. The van der Waals surface area contributed by atoms with Crippen LogP contribution in [0.15, 0.2) is 23.1 Å². The molecule has 1 rings (SSSR count). The molecule has 0 aromatic heterocycles. The van der Waals surface area contributed by atoms with E-state index in [1.807, 2.05) is 13.8 Å². The van der Waals surface area contributed by atoms with Gasteiger partial charge in [0.15, 0.2) is 0 Å². The third-order valence-corrected chi connectivity index (χ3v) is 3.70. The van der Waals surface area contributed by atoms with E-state index in [2.05, 4.69) is 5.32 Å². The van der Waals surface area contributed by atoms with Crippen molar-refractivity contribution in [3.8, 4) is 0 Å². The Kier molecular flexibility index (Phi) is 4.76. The molecular formula is C12H16ClNO3S. The van der Waals surface area contributed by atoms with Crippen LogP contribution in [-0.4, -0.2) is 14.3 Å². The first-order valence-electron chi connectivity index (χ1n) is 5.55. The van der Waals surface area contributed by atoms with Crippen molar-refractivity contribution in [2.75, 3.05) is 5.32 Å². The average Bonchev–Trinajstić information content (AvgIpc) is 2.18. The van der Waals surface area contributed by atoms with Crippen LogP contribution in [0.4, 0.5) is 5.69 Å². The van der Waals surface area contributed by atoms with E-state index in [0.717, 1.165) is 0 Å². The average molecular weight is 290 g/mol. The van der Waals surface area contributed by atoms with Crippen LogP contribution in [0, 0.1) is 12.8 Å². The van der Waals surface area contributed by atoms with Gasteiger partial charge in [-0.2, -0.15) is 0 Å². The molecule has 0 aliphatic heterocycles. The number of hydrogen-bond acceptors (Lipinski definition) is 3. The maximum Gasteiger partial charge on any atom is 0.261 e. The first-order valence-corrected chi connectivity index (χ1v) is 7.86. The fraction of sp³-hybridized carbons (Fsp3) is 0.417. The molecule has 4 nitrogen and oxygen atoms in total. The van der Waals surface area contributed by atoms with E-state index in [4.69, 9.17) is 10.7 Å². The molecule has 0 bridgehead atoms. The molecule has 0 aliphatic rings. The second kappa shape index (κ2) is 5.71. The quantitative estimate of drug-likeness (QED) is 0.867. The van der Waals surface area contributed by atoms with Gasteiger partial charge in [-0.15, -0.1) is 0 Å². The minimum Gasteiger partial charge on any atom is -0.326 e. The SMILES string of the molecule is Cc1cc(S(=O)(=O)Cl)ccc1NC(=O)CC(C)C. The van der Waals surface area contributed by atoms with Crippen molar-refractivity contribution in [3.05, 3.63) is 23.8 Å². The summed E-state index contributed by atoms with van der Waals surface area (Å²) in [5, 5.41) is 2.74. The lowest BCUT2D eigenvalue weighted by atomic mass is 10.1. The predicted octanol–water partition coefficient (Wildman–Crippen LogP) is 2.91. The van der Waals surface area contributed by atoms with E-state index < -0.39 is 9.05 Å². The summed E-state index contributed by atoms with van der Waals surface area (Å²) in [5.41, 5.74) is 1.26. The summed E-state index contributed by atoms with van der Waals surface area (Å²) in [6.07, 6.45) is 0.426. The first kappa shape index (κ1) is 15.0. The first-order chi connectivity index (χ1) is 8.20. The second-order valence-electron chi connectivity index (χ2n) is 4.56. The van der Waals surface area contributed by atoms with Crippen LogP contribution in [0.1, 0.15) is 25.8 Å². The molecule has 6 heteroatoms. The van der Waals surface area contributed by atoms with Gasteiger partial charge in [-0.3, -0.25) is 4.79 Å². The molecule has 1 amide bonds. The third-order valence-electron chi connectivity index (χ3n) is 2.35. The molecule has 0 heterocycles. The molecule has 0 saturated heterocycles. The van der Waals surface area contributed by atoms with Gasteiger partial charge in [0.1, 0.15) is 0 Å². The number of benzene rings is 1. The minimum atomic E-state index is -3.73. The Hall–Kier alpha value is -1.07. The Morgan fingerprint density at radius 1 is 1.39 bits per heavy atom. The normalized spacial score (nSPS) is 11.6. The van der Waals surface area contributed by atoms with Crippen molar-refractivity contribution >= 4 is 31.3 Å². The Labute approximate surface area is 112 Å². The summed E-state index contributed by atoms with van der Waals surface area (Å²) in [4.78, 5) is 11.6. The highest BCUT2D eigenvalue weighted by Gasteiger charge is 2.12. The second-order valence-corrected chi connectivity index (χ2v) is 7.13. The summed E-state index contributed by atoms with van der Waals surface area (Å²) in [7, 11) is 1.51. The third kappa shape index (κ3) is 4.31. The van der Waals surface area contributed by atoms with Crippen LogP contribution >= 0.6 is 10.7 Å². The van der Waals surface area contributed by atoms with Crippen LogP contribution in [0.25, 0.3) is 0 Å². The maximum atomic E-state index is 11.6. The van der Waals surface area contributed by atoms with Crippen LogP contribution in [-0.2, 0) is 13.8 Å². The molecule has 0 fully saturated rings. The largest absolute Gasteiger partial charge is 0.326 e. The van der Waals surface area contributed by atoms with Gasteiger partial charge >= 0.3 is 0 Å². The molecule has 0 saturated carbocycles. The van der Waals surface area contributed by atoms with E-state index in [-0.39, 0.29) is 16.7 Å². The zero-order chi connectivity index (χ0) is 13.9. The molecule has 0 spiro atoms. The van der Waals surface area contributed by atoms with Crippen LogP contribution in [0.3, 0.4) is 0 Å². The number of rotatable bonds is 4. The maximum absolute atomic E-state index is 11.6. The minimum absolute atomic E-state index is 0.0310. The molecule has 18 heavy (non-hydrogen) atoms. The van der Waals surface area contributed by atoms with Crippen molar-refractivity contribution in [1.29, 1.82) is 0 Å². The van der Waals surface area contributed by atoms with Gasteiger partial charge in [0.25, 0.3) is 9.05 Å². The number of halogens is 1. The van der Waals surface area contributed by atoms with Gasteiger partial charge in [0, 0.05) is 22.8 Å². The van der Waals surface area contributed by atoms with Gasteiger partial charge in [0.05, 0.1) is 4.90 Å². The molecule has 0 aliphatic carbocycles. The highest BCUT2D eigenvalue weighted by Crippen LogP contribution is 2.22. The highest BCUT2D eigenvalue weighted by atomic mass is 35.7. The molecule has 1 N–H and O–H groups in total. The van der Waals surface area contributed by atoms with Crippen LogP contribution < -0.4 is 5.32 Å². The Balaban J connectivity index is 2.90. The summed E-state index contributed by atoms with van der Waals surface area (Å²) in [6, 6.07) is 4.36. The van der Waals surface area contributed by atoms with E-state index in [1.54, 1.807) is 13.0 Å². The summed E-state index contributed by atoms with van der Waals surface area (Å²) in [6.45, 7) is 5.63. The molecular weight excluding hydrogens is 274 g/mol. The Bertz CT molecular complexity index is 552. The lowest BCUT2D eigenvalue weighted by Crippen LogP contribution is -2.14. The van der Waals surface area contributed by atoms with E-state index in [9.17, 15) is 13.2 Å². The summed E-state index contributed by atoms with van der Waals surface area (Å²) < 4.78 is 22.3. The number of carbonyl (C=O) groups excluding carboxylic acids is 1. The predicted molar refractivity (Wildman–Crippen MR) is 72.3 cm³/mol. The Morgan fingerprint density at radius 2 is 2.00 bits per heavy atom. The fourth-order valence-electron chi connectivity index (χ4n) is 1.50. The molecule has 100 valence electrons. The van der Waals surface area contributed by atoms with Crippen molar-refractivity contribution in [3.63, 3.8) is 0 Å². The number of hydrogen-bond donors (Lipinski definition) is 1. The van der Waals surface area contributed by atoms with Crippen molar-refractivity contribution in [2.24, 2.45) is 5.92 Å². The Morgan fingerprint density at radius 3 is 2.44 bits per heavy atom. The summed E-state index contributed by atoms with van der Waals surface area (Å²) >= 11 is 0. The van der Waals surface area contributed by atoms with E-state index in [0.29, 0.717) is 17.7 Å². The summed E-state index contributed by atoms with van der Waals surface area (Å²) in [5.74, 6) is 0.183.